The number of carbonyl (C=O) groups excluding carboxylic acids is 2. The van der Waals surface area contributed by atoms with Crippen LogP contribution in [-0.2, 0) is 29.1 Å². The minimum Gasteiger partial charge on any atom is -0.356 e. The third kappa shape index (κ3) is 5.13. The summed E-state index contributed by atoms with van der Waals surface area (Å²) < 4.78 is 15.0. The van der Waals surface area contributed by atoms with Gasteiger partial charge in [-0.3, -0.25) is 14.5 Å². The number of aromatic nitrogens is 3. The number of piperazine rings is 1. The van der Waals surface area contributed by atoms with Crippen LogP contribution in [0.3, 0.4) is 0 Å². The average molecular weight is 388 g/mol. The van der Waals surface area contributed by atoms with Crippen molar-refractivity contribution in [2.24, 2.45) is 0 Å². The first-order chi connectivity index (χ1) is 13.6. The molecule has 2 heterocycles. The van der Waals surface area contributed by atoms with E-state index in [1.807, 2.05) is 16.4 Å². The van der Waals surface area contributed by atoms with E-state index in [9.17, 15) is 14.0 Å². The third-order valence-electron chi connectivity index (χ3n) is 4.83. The molecule has 3 rings (SSSR count). The van der Waals surface area contributed by atoms with Crippen LogP contribution in [0.5, 0.6) is 0 Å². The van der Waals surface area contributed by atoms with Crippen molar-refractivity contribution in [2.45, 2.75) is 38.9 Å². The third-order valence-corrected chi connectivity index (χ3v) is 4.83. The van der Waals surface area contributed by atoms with E-state index < -0.39 is 6.04 Å². The largest absolute Gasteiger partial charge is 0.356 e. The van der Waals surface area contributed by atoms with Gasteiger partial charge < -0.3 is 15.2 Å². The SMILES string of the molecule is CCn1cnnc1CCNC(=O)CC1C(=O)NCCN1Cc1ccc(F)cc1. The lowest BCUT2D eigenvalue weighted by atomic mass is 10.1. The number of halogens is 1. The van der Waals surface area contributed by atoms with Gasteiger partial charge >= 0.3 is 0 Å². The van der Waals surface area contributed by atoms with E-state index >= 15 is 0 Å². The minimum atomic E-state index is -0.543. The Bertz CT molecular complexity index is 807. The summed E-state index contributed by atoms with van der Waals surface area (Å²) in [6, 6.07) is 5.65. The number of nitrogens with one attached hydrogen (secondary N) is 2. The number of aryl methyl sites for hydroxylation is 1. The molecule has 2 amide bonds. The number of carbonyl (C=O) groups is 2. The van der Waals surface area contributed by atoms with Crippen LogP contribution in [0.4, 0.5) is 4.39 Å². The van der Waals surface area contributed by atoms with Crippen LogP contribution in [0.1, 0.15) is 24.7 Å². The lowest BCUT2D eigenvalue weighted by Crippen LogP contribution is -2.56. The van der Waals surface area contributed by atoms with Gasteiger partial charge in [0.25, 0.3) is 0 Å². The fourth-order valence-corrected chi connectivity index (χ4v) is 3.30. The molecule has 1 atom stereocenters. The molecule has 150 valence electrons. The molecule has 1 aliphatic heterocycles. The van der Waals surface area contributed by atoms with Crippen molar-refractivity contribution in [2.75, 3.05) is 19.6 Å². The van der Waals surface area contributed by atoms with Gasteiger partial charge in [0.15, 0.2) is 0 Å². The van der Waals surface area contributed by atoms with Crippen molar-refractivity contribution >= 4 is 11.8 Å². The molecular formula is C19H25FN6O2. The average Bonchev–Trinajstić information content (AvgIpc) is 3.14. The number of benzene rings is 1. The van der Waals surface area contributed by atoms with Crippen molar-refractivity contribution in [3.05, 3.63) is 47.8 Å². The van der Waals surface area contributed by atoms with Crippen LogP contribution in [0.25, 0.3) is 0 Å². The zero-order valence-corrected chi connectivity index (χ0v) is 15.9. The van der Waals surface area contributed by atoms with Gasteiger partial charge in [0.2, 0.25) is 11.8 Å². The number of hydrogen-bond acceptors (Lipinski definition) is 5. The number of hydrogen-bond donors (Lipinski definition) is 2. The predicted octanol–water partition coefficient (Wildman–Crippen LogP) is 0.487. The number of rotatable bonds is 8. The highest BCUT2D eigenvalue weighted by Gasteiger charge is 2.31. The normalized spacial score (nSPS) is 17.4. The topological polar surface area (TPSA) is 92.1 Å². The molecule has 1 aromatic carbocycles. The Labute approximate surface area is 163 Å². The first-order valence-corrected chi connectivity index (χ1v) is 9.46. The maximum Gasteiger partial charge on any atom is 0.237 e. The van der Waals surface area contributed by atoms with Crippen molar-refractivity contribution in [3.63, 3.8) is 0 Å². The molecule has 1 unspecified atom stereocenters. The highest BCUT2D eigenvalue weighted by molar-refractivity contribution is 5.88. The Morgan fingerprint density at radius 1 is 1.36 bits per heavy atom. The molecule has 1 saturated heterocycles. The summed E-state index contributed by atoms with van der Waals surface area (Å²) in [7, 11) is 0. The Balaban J connectivity index is 1.53. The van der Waals surface area contributed by atoms with Gasteiger partial charge in [-0.25, -0.2) is 4.39 Å². The van der Waals surface area contributed by atoms with E-state index in [0.29, 0.717) is 32.6 Å². The Hall–Kier alpha value is -2.81. The van der Waals surface area contributed by atoms with Crippen LogP contribution in [-0.4, -0.2) is 57.2 Å². The number of nitrogens with zero attached hydrogens (tertiary/aromatic N) is 4. The quantitative estimate of drug-likeness (QED) is 0.687. The van der Waals surface area contributed by atoms with Gasteiger partial charge in [-0.15, -0.1) is 10.2 Å². The molecule has 0 aliphatic carbocycles. The van der Waals surface area contributed by atoms with E-state index in [1.165, 1.54) is 12.1 Å². The first kappa shape index (κ1) is 19.9. The molecule has 1 aliphatic rings. The number of amides is 2. The summed E-state index contributed by atoms with van der Waals surface area (Å²) in [6.45, 7) is 4.88. The molecule has 2 aromatic rings. The van der Waals surface area contributed by atoms with E-state index in [1.54, 1.807) is 18.5 Å². The molecule has 0 bridgehead atoms. The standard InChI is InChI=1S/C19H25FN6O2/c1-2-25-13-23-24-17(25)7-8-21-18(27)11-16-19(28)22-9-10-26(16)12-14-3-5-15(20)6-4-14/h3-6,13,16H,2,7-12H2,1H3,(H,21,27)(H,22,28). The first-order valence-electron chi connectivity index (χ1n) is 9.46. The summed E-state index contributed by atoms with van der Waals surface area (Å²) in [5, 5.41) is 13.6. The van der Waals surface area contributed by atoms with Crippen molar-refractivity contribution < 1.29 is 14.0 Å². The lowest BCUT2D eigenvalue weighted by molar-refractivity contribution is -0.134. The minimum absolute atomic E-state index is 0.0769. The molecule has 0 spiro atoms. The fourth-order valence-electron chi connectivity index (χ4n) is 3.30. The van der Waals surface area contributed by atoms with Crippen LogP contribution in [0, 0.1) is 5.82 Å². The molecule has 9 heteroatoms. The van der Waals surface area contributed by atoms with E-state index in [4.69, 9.17) is 0 Å². The van der Waals surface area contributed by atoms with Gasteiger partial charge in [0.1, 0.15) is 18.0 Å². The van der Waals surface area contributed by atoms with E-state index in [0.717, 1.165) is 17.9 Å². The second-order valence-electron chi connectivity index (χ2n) is 6.74. The fraction of sp³-hybridized carbons (Fsp3) is 0.474. The van der Waals surface area contributed by atoms with Crippen LogP contribution < -0.4 is 10.6 Å². The molecule has 8 nitrogen and oxygen atoms in total. The van der Waals surface area contributed by atoms with Crippen LogP contribution in [0.2, 0.25) is 0 Å². The van der Waals surface area contributed by atoms with Gasteiger partial charge in [0, 0.05) is 39.1 Å². The lowest BCUT2D eigenvalue weighted by Gasteiger charge is -2.34. The summed E-state index contributed by atoms with van der Waals surface area (Å²) in [6.07, 6.45) is 2.32. The van der Waals surface area contributed by atoms with Crippen LogP contribution >= 0.6 is 0 Å². The highest BCUT2D eigenvalue weighted by Crippen LogP contribution is 2.14. The second kappa shape index (κ2) is 9.41. The Kier molecular flexibility index (Phi) is 6.70. The molecule has 2 N–H and O–H groups in total. The van der Waals surface area contributed by atoms with Crippen molar-refractivity contribution in [1.29, 1.82) is 0 Å². The molecule has 1 aromatic heterocycles. The molecule has 0 radical (unpaired) electrons. The smallest absolute Gasteiger partial charge is 0.237 e. The predicted molar refractivity (Wildman–Crippen MR) is 101 cm³/mol. The summed E-state index contributed by atoms with van der Waals surface area (Å²) in [5.41, 5.74) is 0.903. The summed E-state index contributed by atoms with van der Waals surface area (Å²) in [4.78, 5) is 26.6. The van der Waals surface area contributed by atoms with Crippen molar-refractivity contribution in [3.8, 4) is 0 Å². The highest BCUT2D eigenvalue weighted by atomic mass is 19.1. The second-order valence-corrected chi connectivity index (χ2v) is 6.74. The van der Waals surface area contributed by atoms with Gasteiger partial charge in [-0.1, -0.05) is 12.1 Å². The zero-order valence-electron chi connectivity index (χ0n) is 15.9. The van der Waals surface area contributed by atoms with E-state index in [2.05, 4.69) is 20.8 Å². The summed E-state index contributed by atoms with van der Waals surface area (Å²) in [5.74, 6) is 0.175. The van der Waals surface area contributed by atoms with Gasteiger partial charge in [-0.05, 0) is 24.6 Å². The molecule has 1 fully saturated rings. The Morgan fingerprint density at radius 2 is 2.14 bits per heavy atom. The van der Waals surface area contributed by atoms with E-state index in [-0.39, 0.29) is 24.1 Å². The van der Waals surface area contributed by atoms with Gasteiger partial charge in [0.05, 0.1) is 12.5 Å². The Morgan fingerprint density at radius 3 is 2.89 bits per heavy atom. The molecular weight excluding hydrogens is 363 g/mol. The molecule has 0 saturated carbocycles. The summed E-state index contributed by atoms with van der Waals surface area (Å²) >= 11 is 0. The maximum atomic E-state index is 13.1. The monoisotopic (exact) mass is 388 g/mol. The molecule has 28 heavy (non-hydrogen) atoms. The maximum absolute atomic E-state index is 13.1. The van der Waals surface area contributed by atoms with Gasteiger partial charge in [-0.2, -0.15) is 0 Å². The van der Waals surface area contributed by atoms with Crippen LogP contribution in [0.15, 0.2) is 30.6 Å². The zero-order chi connectivity index (χ0) is 19.9. The van der Waals surface area contributed by atoms with Crippen molar-refractivity contribution in [1.82, 2.24) is 30.3 Å².